The molecular weight excluding hydrogens is 456 g/mol. The zero-order valence-corrected chi connectivity index (χ0v) is 19.9. The Bertz CT molecular complexity index is 909. The van der Waals surface area contributed by atoms with Crippen LogP contribution < -0.4 is 15.0 Å². The third kappa shape index (κ3) is 6.10. The number of carbonyl (C=O) groups is 2. The van der Waals surface area contributed by atoms with E-state index in [0.29, 0.717) is 29.2 Å². The predicted molar refractivity (Wildman–Crippen MR) is 128 cm³/mol. The Morgan fingerprint density at radius 3 is 2.58 bits per heavy atom. The van der Waals surface area contributed by atoms with Crippen LogP contribution in [-0.4, -0.2) is 31.5 Å². The van der Waals surface area contributed by atoms with Gasteiger partial charge < -0.3 is 15.0 Å². The molecule has 2 amide bonds. The van der Waals surface area contributed by atoms with Gasteiger partial charge in [0.2, 0.25) is 0 Å². The van der Waals surface area contributed by atoms with Crippen LogP contribution in [0.25, 0.3) is 0 Å². The van der Waals surface area contributed by atoms with Crippen molar-refractivity contribution in [3.8, 4) is 5.75 Å². The third-order valence-corrected chi connectivity index (χ3v) is 6.18. The van der Waals surface area contributed by atoms with E-state index in [0.717, 1.165) is 43.0 Å². The largest absolute Gasteiger partial charge is 0.493 e. The SMILES string of the molecule is CCCCOc1ccc(Br)cc1C(=O)N(C)c1ccccc1C(=O)NC1CCCCC1. The molecule has 2 aromatic carbocycles. The number of hydrogen-bond acceptors (Lipinski definition) is 3. The summed E-state index contributed by atoms with van der Waals surface area (Å²) >= 11 is 3.45. The summed E-state index contributed by atoms with van der Waals surface area (Å²) in [6.07, 6.45) is 7.49. The van der Waals surface area contributed by atoms with Gasteiger partial charge in [-0.3, -0.25) is 9.59 Å². The lowest BCUT2D eigenvalue weighted by molar-refractivity contribution is 0.0928. The monoisotopic (exact) mass is 486 g/mol. The highest BCUT2D eigenvalue weighted by Gasteiger charge is 2.24. The molecule has 0 heterocycles. The Balaban J connectivity index is 1.83. The van der Waals surface area contributed by atoms with Gasteiger partial charge in [-0.05, 0) is 49.6 Å². The van der Waals surface area contributed by atoms with Gasteiger partial charge in [0.05, 0.1) is 23.4 Å². The zero-order chi connectivity index (χ0) is 22.2. The van der Waals surface area contributed by atoms with E-state index in [9.17, 15) is 9.59 Å². The van der Waals surface area contributed by atoms with Crippen molar-refractivity contribution in [3.63, 3.8) is 0 Å². The quantitative estimate of drug-likeness (QED) is 0.467. The van der Waals surface area contributed by atoms with E-state index < -0.39 is 0 Å². The Hall–Kier alpha value is -2.34. The van der Waals surface area contributed by atoms with Gasteiger partial charge in [0.25, 0.3) is 11.8 Å². The summed E-state index contributed by atoms with van der Waals surface area (Å²) < 4.78 is 6.67. The Morgan fingerprint density at radius 1 is 1.10 bits per heavy atom. The number of ether oxygens (including phenoxy) is 1. The number of anilines is 1. The lowest BCUT2D eigenvalue weighted by Gasteiger charge is -2.25. The van der Waals surface area contributed by atoms with E-state index in [2.05, 4.69) is 28.2 Å². The molecule has 1 saturated carbocycles. The topological polar surface area (TPSA) is 58.6 Å². The fourth-order valence-corrected chi connectivity index (χ4v) is 4.24. The maximum atomic E-state index is 13.4. The second-order valence-electron chi connectivity index (χ2n) is 8.03. The van der Waals surface area contributed by atoms with Crippen LogP contribution in [0.5, 0.6) is 5.75 Å². The molecule has 5 nitrogen and oxygen atoms in total. The number of rotatable bonds is 8. The Labute approximate surface area is 193 Å². The highest BCUT2D eigenvalue weighted by atomic mass is 79.9. The maximum Gasteiger partial charge on any atom is 0.261 e. The number of para-hydroxylation sites is 1. The number of halogens is 1. The van der Waals surface area contributed by atoms with E-state index in [1.165, 1.54) is 11.3 Å². The molecule has 0 aliphatic heterocycles. The molecule has 2 aromatic rings. The molecule has 0 unspecified atom stereocenters. The first kappa shape index (κ1) is 23.3. The van der Waals surface area contributed by atoms with Crippen LogP contribution in [0.2, 0.25) is 0 Å². The predicted octanol–water partition coefficient (Wildman–Crippen LogP) is 5.97. The number of unbranched alkanes of at least 4 members (excludes halogenated alkanes) is 1. The summed E-state index contributed by atoms with van der Waals surface area (Å²) in [5.41, 5.74) is 1.56. The van der Waals surface area contributed by atoms with E-state index >= 15 is 0 Å². The number of hydrogen-bond donors (Lipinski definition) is 1. The summed E-state index contributed by atoms with van der Waals surface area (Å²) in [6.45, 7) is 2.66. The molecule has 0 bridgehead atoms. The number of carbonyl (C=O) groups excluding carboxylic acids is 2. The standard InChI is InChI=1S/C25H31BrN2O3/c1-3-4-16-31-23-15-14-18(26)17-21(23)25(30)28(2)22-13-9-8-12-20(22)24(29)27-19-10-6-5-7-11-19/h8-9,12-15,17,19H,3-7,10-11,16H2,1-2H3,(H,27,29). The van der Waals surface area contributed by atoms with Gasteiger partial charge in [0.15, 0.2) is 0 Å². The van der Waals surface area contributed by atoms with E-state index in [-0.39, 0.29) is 17.9 Å². The number of nitrogens with one attached hydrogen (secondary N) is 1. The van der Waals surface area contributed by atoms with Crippen molar-refractivity contribution in [2.24, 2.45) is 0 Å². The fraction of sp³-hybridized carbons (Fsp3) is 0.440. The Morgan fingerprint density at radius 2 is 1.84 bits per heavy atom. The fourth-order valence-electron chi connectivity index (χ4n) is 3.88. The molecule has 1 fully saturated rings. The molecule has 166 valence electrons. The minimum Gasteiger partial charge on any atom is -0.493 e. The summed E-state index contributed by atoms with van der Waals surface area (Å²) in [5.74, 6) is 0.208. The first-order valence-electron chi connectivity index (χ1n) is 11.1. The van der Waals surface area contributed by atoms with Crippen LogP contribution in [0, 0.1) is 0 Å². The summed E-state index contributed by atoms with van der Waals surface area (Å²) in [4.78, 5) is 28.0. The molecule has 0 radical (unpaired) electrons. The van der Waals surface area contributed by atoms with Crippen molar-refractivity contribution < 1.29 is 14.3 Å². The van der Waals surface area contributed by atoms with Crippen molar-refractivity contribution in [2.45, 2.75) is 57.9 Å². The smallest absolute Gasteiger partial charge is 0.261 e. The van der Waals surface area contributed by atoms with Crippen LogP contribution in [0.15, 0.2) is 46.9 Å². The highest BCUT2D eigenvalue weighted by Crippen LogP contribution is 2.28. The summed E-state index contributed by atoms with van der Waals surface area (Å²) in [5, 5.41) is 3.15. The van der Waals surface area contributed by atoms with Crippen molar-refractivity contribution in [1.82, 2.24) is 5.32 Å². The minimum atomic E-state index is -0.217. The van der Waals surface area contributed by atoms with E-state index in [1.54, 1.807) is 19.2 Å². The van der Waals surface area contributed by atoms with Crippen LogP contribution in [0.4, 0.5) is 5.69 Å². The second-order valence-corrected chi connectivity index (χ2v) is 8.95. The lowest BCUT2D eigenvalue weighted by atomic mass is 9.95. The molecule has 3 rings (SSSR count). The van der Waals surface area contributed by atoms with Crippen LogP contribution in [0.3, 0.4) is 0 Å². The van der Waals surface area contributed by atoms with E-state index in [4.69, 9.17) is 4.74 Å². The van der Waals surface area contributed by atoms with Crippen molar-refractivity contribution in [1.29, 1.82) is 0 Å². The summed E-state index contributed by atoms with van der Waals surface area (Å²) in [6, 6.07) is 12.9. The second kappa shape index (κ2) is 11.3. The molecule has 1 aliphatic carbocycles. The molecule has 6 heteroatoms. The average Bonchev–Trinajstić information content (AvgIpc) is 2.80. The van der Waals surface area contributed by atoms with Gasteiger partial charge in [0, 0.05) is 17.6 Å². The van der Waals surface area contributed by atoms with Gasteiger partial charge in [-0.15, -0.1) is 0 Å². The van der Waals surface area contributed by atoms with Gasteiger partial charge in [-0.2, -0.15) is 0 Å². The van der Waals surface area contributed by atoms with Crippen LogP contribution in [-0.2, 0) is 0 Å². The molecule has 31 heavy (non-hydrogen) atoms. The zero-order valence-electron chi connectivity index (χ0n) is 18.3. The molecule has 0 aromatic heterocycles. The Kier molecular flexibility index (Phi) is 8.52. The molecule has 0 spiro atoms. The van der Waals surface area contributed by atoms with Gasteiger partial charge >= 0.3 is 0 Å². The normalized spacial score (nSPS) is 14.2. The number of amides is 2. The maximum absolute atomic E-state index is 13.4. The summed E-state index contributed by atoms with van der Waals surface area (Å²) in [7, 11) is 1.70. The van der Waals surface area contributed by atoms with Gasteiger partial charge in [-0.1, -0.05) is 60.7 Å². The first-order valence-corrected chi connectivity index (χ1v) is 11.9. The molecule has 1 N–H and O–H groups in total. The average molecular weight is 487 g/mol. The van der Waals surface area contributed by atoms with Crippen molar-refractivity contribution in [2.75, 3.05) is 18.6 Å². The van der Waals surface area contributed by atoms with Gasteiger partial charge in [-0.25, -0.2) is 0 Å². The van der Waals surface area contributed by atoms with Crippen LogP contribution in [0.1, 0.15) is 72.6 Å². The number of benzene rings is 2. The minimum absolute atomic E-state index is 0.129. The first-order chi connectivity index (χ1) is 15.0. The van der Waals surface area contributed by atoms with E-state index in [1.807, 2.05) is 30.3 Å². The lowest BCUT2D eigenvalue weighted by Crippen LogP contribution is -2.37. The molecule has 0 saturated heterocycles. The van der Waals surface area contributed by atoms with Crippen LogP contribution >= 0.6 is 15.9 Å². The van der Waals surface area contributed by atoms with Crippen molar-refractivity contribution in [3.05, 3.63) is 58.1 Å². The molecule has 0 atom stereocenters. The molecule has 1 aliphatic rings. The van der Waals surface area contributed by atoms with Crippen molar-refractivity contribution >= 4 is 33.4 Å². The van der Waals surface area contributed by atoms with Gasteiger partial charge in [0.1, 0.15) is 5.75 Å². The number of nitrogens with zero attached hydrogens (tertiary/aromatic N) is 1. The highest BCUT2D eigenvalue weighted by molar-refractivity contribution is 9.10. The molecular formula is C25H31BrN2O3. The third-order valence-electron chi connectivity index (χ3n) is 5.68.